The number of halogens is 1. The number of pyridine rings is 1. The van der Waals surface area contributed by atoms with Crippen molar-refractivity contribution in [3.05, 3.63) is 80.6 Å². The number of H-pyrrole nitrogens is 2. The topological polar surface area (TPSA) is 78.2 Å². The number of amides is 1. The summed E-state index contributed by atoms with van der Waals surface area (Å²) in [5, 5.41) is 1.91. The molecule has 2 aromatic carbocycles. The van der Waals surface area contributed by atoms with E-state index in [1.807, 2.05) is 25.1 Å². The maximum atomic E-state index is 14.4. The minimum atomic E-state index is -0.387. The van der Waals surface area contributed by atoms with Gasteiger partial charge >= 0.3 is 0 Å². The monoisotopic (exact) mass is 483 g/mol. The van der Waals surface area contributed by atoms with E-state index in [0.29, 0.717) is 39.8 Å². The lowest BCUT2D eigenvalue weighted by Crippen LogP contribution is -2.37. The molecule has 4 aromatic rings. The first-order valence-electron chi connectivity index (χ1n) is 10.6. The molecule has 6 nitrogen and oxygen atoms in total. The lowest BCUT2D eigenvalue weighted by molar-refractivity contribution is 0.0333. The molecule has 5 rings (SSSR count). The van der Waals surface area contributed by atoms with Crippen molar-refractivity contribution in [1.82, 2.24) is 14.9 Å². The third kappa shape index (κ3) is 3.69. The van der Waals surface area contributed by atoms with Crippen molar-refractivity contribution in [3.63, 3.8) is 0 Å². The Bertz CT molecular complexity index is 1480. The molecule has 2 aromatic heterocycles. The number of hydrogen-bond acceptors (Lipinski definition) is 3. The first-order chi connectivity index (χ1) is 15.8. The number of benzene rings is 2. The van der Waals surface area contributed by atoms with E-state index in [2.05, 4.69) is 28.4 Å². The second kappa shape index (κ2) is 8.32. The molecule has 170 valence electrons. The molecule has 3 heterocycles. The lowest BCUT2D eigenvalue weighted by Gasteiger charge is -2.33. The van der Waals surface area contributed by atoms with E-state index in [4.69, 9.17) is 4.74 Å². The van der Waals surface area contributed by atoms with E-state index in [9.17, 15) is 14.0 Å². The molecule has 1 aliphatic heterocycles. The maximum Gasteiger partial charge on any atom is 0.270 e. The number of aryl methyl sites for hydroxylation is 1. The molecule has 0 spiro atoms. The molecular formula is C24H24FN3O3P2. The van der Waals surface area contributed by atoms with Gasteiger partial charge in [-0.3, -0.25) is 9.59 Å². The molecule has 0 radical (unpaired) electrons. The number of nitrogens with one attached hydrogen (secondary N) is 2. The van der Waals surface area contributed by atoms with Gasteiger partial charge in [-0.1, -0.05) is 17.7 Å². The number of rotatable bonds is 3. The van der Waals surface area contributed by atoms with Crippen LogP contribution in [0.25, 0.3) is 21.7 Å². The van der Waals surface area contributed by atoms with Gasteiger partial charge in [0, 0.05) is 45.6 Å². The van der Waals surface area contributed by atoms with E-state index in [1.54, 1.807) is 24.1 Å². The van der Waals surface area contributed by atoms with Gasteiger partial charge in [-0.25, -0.2) is 4.39 Å². The average molecular weight is 483 g/mol. The van der Waals surface area contributed by atoms with Crippen molar-refractivity contribution in [2.24, 2.45) is 0 Å². The van der Waals surface area contributed by atoms with Crippen LogP contribution >= 0.6 is 18.5 Å². The van der Waals surface area contributed by atoms with Gasteiger partial charge in [0.15, 0.2) is 0 Å². The summed E-state index contributed by atoms with van der Waals surface area (Å²) < 4.78 is 20.2. The Morgan fingerprint density at radius 3 is 2.70 bits per heavy atom. The first kappa shape index (κ1) is 22.2. The van der Waals surface area contributed by atoms with Crippen LogP contribution in [0.5, 0.6) is 0 Å². The third-order valence-electron chi connectivity index (χ3n) is 6.30. The highest BCUT2D eigenvalue weighted by Gasteiger charge is 2.31. The molecule has 33 heavy (non-hydrogen) atoms. The van der Waals surface area contributed by atoms with Crippen molar-refractivity contribution >= 4 is 46.1 Å². The summed E-state index contributed by atoms with van der Waals surface area (Å²) in [4.78, 5) is 33.8. The van der Waals surface area contributed by atoms with Gasteiger partial charge in [0.05, 0.1) is 19.3 Å². The Kier molecular flexibility index (Phi) is 5.60. The lowest BCUT2D eigenvalue weighted by atomic mass is 9.94. The molecule has 1 aliphatic rings. The number of carbonyl (C=O) groups excluding carboxylic acids is 1. The van der Waals surface area contributed by atoms with E-state index in [1.165, 1.54) is 6.07 Å². The van der Waals surface area contributed by atoms with Crippen LogP contribution in [0.15, 0.2) is 41.2 Å². The first-order valence-corrected chi connectivity index (χ1v) is 11.9. The number of fused-ring (bicyclic) bond motifs is 4. The minimum absolute atomic E-state index is 0.166. The summed E-state index contributed by atoms with van der Waals surface area (Å²) in [7, 11) is 6.86. The maximum absolute atomic E-state index is 14.4. The second-order valence-corrected chi connectivity index (χ2v) is 10.7. The third-order valence-corrected chi connectivity index (χ3v) is 6.96. The fourth-order valence-corrected chi connectivity index (χ4v) is 5.33. The highest BCUT2D eigenvalue weighted by molar-refractivity contribution is 7.37. The van der Waals surface area contributed by atoms with Crippen LogP contribution in [0.4, 0.5) is 4.39 Å². The van der Waals surface area contributed by atoms with E-state index >= 15 is 0 Å². The Hall–Kier alpha value is -2.59. The summed E-state index contributed by atoms with van der Waals surface area (Å²) in [5.74, 6) is -0.557. The normalized spacial score (nSPS) is 15.9. The van der Waals surface area contributed by atoms with Gasteiger partial charge in [0.2, 0.25) is 0 Å². The largest absolute Gasteiger partial charge is 0.373 e. The number of likely N-dealkylation sites (N-methyl/N-ethyl adjacent to an activating group) is 1. The zero-order chi connectivity index (χ0) is 23.4. The van der Waals surface area contributed by atoms with Crippen molar-refractivity contribution in [3.8, 4) is 0 Å². The standard InChI is InChI=1S/C24H24FN3O3P2/c1-11-3-4-12-13(7-11)22(29)27-18-9-31-10-19(21(12)18)28(2)23(30)17-8-14-16(26-17)6-5-15(25)20(14)24(32)33/h3-8,19,24,26H,9-10,32-33H2,1-2H3,(H,27,29). The summed E-state index contributed by atoms with van der Waals surface area (Å²) in [5.41, 5.74) is 3.98. The van der Waals surface area contributed by atoms with Crippen molar-refractivity contribution < 1.29 is 13.9 Å². The molecule has 9 heteroatoms. The fraction of sp³-hybridized carbons (Fsp3) is 0.250. The molecule has 0 saturated carbocycles. The van der Waals surface area contributed by atoms with E-state index in [-0.39, 0.29) is 35.3 Å². The SMILES string of the molecule is Cc1ccc2c3c([nH]c(=O)c2c1)COCC3N(C)C(=O)c1cc2c(C(P)P)c(F)ccc2[nH]1. The van der Waals surface area contributed by atoms with Crippen LogP contribution in [0.2, 0.25) is 0 Å². The Morgan fingerprint density at radius 2 is 1.94 bits per heavy atom. The number of hydrogen-bond donors (Lipinski definition) is 2. The highest BCUT2D eigenvalue weighted by Crippen LogP contribution is 2.38. The second-order valence-electron chi connectivity index (χ2n) is 8.47. The number of aromatic nitrogens is 2. The van der Waals surface area contributed by atoms with Crippen molar-refractivity contribution in [1.29, 1.82) is 0 Å². The number of aromatic amines is 2. The number of nitrogens with zero attached hydrogens (tertiary/aromatic N) is 1. The number of carbonyl (C=O) groups is 1. The molecular weight excluding hydrogens is 459 g/mol. The molecule has 1 amide bonds. The number of ether oxygens (including phenoxy) is 1. The zero-order valence-corrected chi connectivity index (χ0v) is 20.5. The molecule has 2 N–H and O–H groups in total. The highest BCUT2D eigenvalue weighted by atomic mass is 31.1. The van der Waals surface area contributed by atoms with Crippen LogP contribution in [-0.2, 0) is 11.3 Å². The zero-order valence-electron chi connectivity index (χ0n) is 18.2. The van der Waals surface area contributed by atoms with Crippen LogP contribution < -0.4 is 5.56 Å². The molecule has 3 atom stereocenters. The minimum Gasteiger partial charge on any atom is -0.373 e. The van der Waals surface area contributed by atoms with Crippen molar-refractivity contribution in [2.75, 3.05) is 13.7 Å². The predicted molar refractivity (Wildman–Crippen MR) is 134 cm³/mol. The van der Waals surface area contributed by atoms with Gasteiger partial charge < -0.3 is 19.6 Å². The van der Waals surface area contributed by atoms with Gasteiger partial charge in [-0.2, -0.15) is 0 Å². The summed E-state index contributed by atoms with van der Waals surface area (Å²) in [6.45, 7) is 2.53. The molecule has 0 fully saturated rings. The van der Waals surface area contributed by atoms with Gasteiger partial charge in [-0.05, 0) is 36.6 Å². The molecule has 0 aliphatic carbocycles. The van der Waals surface area contributed by atoms with Gasteiger partial charge in [-0.15, -0.1) is 18.5 Å². The summed E-state index contributed by atoms with van der Waals surface area (Å²) >= 11 is 0. The quantitative estimate of drug-likeness (QED) is 0.420. The molecule has 0 bridgehead atoms. The molecule has 3 unspecified atom stereocenters. The van der Waals surface area contributed by atoms with Gasteiger partial charge in [0.25, 0.3) is 11.5 Å². The van der Waals surface area contributed by atoms with Crippen molar-refractivity contribution in [2.45, 2.75) is 25.0 Å². The van der Waals surface area contributed by atoms with Crippen LogP contribution in [-0.4, -0.2) is 34.4 Å². The Morgan fingerprint density at radius 1 is 1.15 bits per heavy atom. The predicted octanol–water partition coefficient (Wildman–Crippen LogP) is 4.55. The fourth-order valence-electron chi connectivity index (χ4n) is 4.66. The van der Waals surface area contributed by atoms with Crippen LogP contribution in [0.1, 0.15) is 44.3 Å². The smallest absolute Gasteiger partial charge is 0.270 e. The average Bonchev–Trinajstić information content (AvgIpc) is 3.21. The van der Waals surface area contributed by atoms with Crippen LogP contribution in [0, 0.1) is 12.7 Å². The Labute approximate surface area is 194 Å². The molecule has 0 saturated heterocycles. The van der Waals surface area contributed by atoms with Gasteiger partial charge in [0.1, 0.15) is 11.5 Å². The van der Waals surface area contributed by atoms with Crippen LogP contribution in [0.3, 0.4) is 0 Å². The Balaban J connectivity index is 1.59. The van der Waals surface area contributed by atoms with E-state index < -0.39 is 0 Å². The summed E-state index contributed by atoms with van der Waals surface area (Å²) in [6, 6.07) is 10.1. The summed E-state index contributed by atoms with van der Waals surface area (Å²) in [6.07, 6.45) is 0. The van der Waals surface area contributed by atoms with E-state index in [0.717, 1.165) is 16.5 Å².